The molecule has 0 aliphatic heterocycles. The number of para-hydroxylation sites is 1. The predicted molar refractivity (Wildman–Crippen MR) is 82.9 cm³/mol. The Kier molecular flexibility index (Phi) is 4.47. The SMILES string of the molecule is CC(C)CNC(=O)CNC(=O)c1cc2cccc(N)c2[nH]1. The molecule has 0 spiro atoms. The van der Waals surface area contributed by atoms with E-state index in [1.54, 1.807) is 12.1 Å². The lowest BCUT2D eigenvalue weighted by Gasteiger charge is -2.08. The van der Waals surface area contributed by atoms with Crippen molar-refractivity contribution in [1.82, 2.24) is 15.6 Å². The minimum Gasteiger partial charge on any atom is -0.397 e. The normalized spacial score (nSPS) is 10.8. The van der Waals surface area contributed by atoms with E-state index in [1.165, 1.54) is 0 Å². The Morgan fingerprint density at radius 3 is 2.71 bits per heavy atom. The van der Waals surface area contributed by atoms with E-state index >= 15 is 0 Å². The van der Waals surface area contributed by atoms with Gasteiger partial charge in [0.05, 0.1) is 17.7 Å². The van der Waals surface area contributed by atoms with Crippen LogP contribution >= 0.6 is 0 Å². The zero-order valence-corrected chi connectivity index (χ0v) is 12.2. The fourth-order valence-electron chi connectivity index (χ4n) is 1.94. The summed E-state index contributed by atoms with van der Waals surface area (Å²) in [6.45, 7) is 4.57. The fourth-order valence-corrected chi connectivity index (χ4v) is 1.94. The molecule has 1 aromatic heterocycles. The van der Waals surface area contributed by atoms with E-state index in [0.717, 1.165) is 10.9 Å². The minimum absolute atomic E-state index is 0.0452. The number of carbonyl (C=O) groups is 2. The number of aromatic amines is 1. The zero-order chi connectivity index (χ0) is 15.4. The number of nitrogens with two attached hydrogens (primary N) is 1. The Labute approximate surface area is 123 Å². The summed E-state index contributed by atoms with van der Waals surface area (Å²) in [4.78, 5) is 26.5. The molecule has 2 rings (SSSR count). The van der Waals surface area contributed by atoms with Crippen LogP contribution in [0.4, 0.5) is 5.69 Å². The van der Waals surface area contributed by atoms with Crippen molar-refractivity contribution in [2.45, 2.75) is 13.8 Å². The number of aromatic nitrogens is 1. The van der Waals surface area contributed by atoms with E-state index in [4.69, 9.17) is 5.73 Å². The van der Waals surface area contributed by atoms with Crippen LogP contribution in [0.25, 0.3) is 10.9 Å². The van der Waals surface area contributed by atoms with E-state index in [2.05, 4.69) is 15.6 Å². The lowest BCUT2D eigenvalue weighted by Crippen LogP contribution is -2.38. The van der Waals surface area contributed by atoms with Crippen LogP contribution in [0.5, 0.6) is 0 Å². The second kappa shape index (κ2) is 6.30. The molecule has 0 unspecified atom stereocenters. The number of hydrogen-bond donors (Lipinski definition) is 4. The topological polar surface area (TPSA) is 100 Å². The van der Waals surface area contributed by atoms with Gasteiger partial charge < -0.3 is 21.4 Å². The van der Waals surface area contributed by atoms with Gasteiger partial charge in [-0.05, 0) is 18.1 Å². The number of amides is 2. The van der Waals surface area contributed by atoms with Crippen molar-refractivity contribution >= 4 is 28.4 Å². The Morgan fingerprint density at radius 1 is 1.29 bits per heavy atom. The van der Waals surface area contributed by atoms with Crippen LogP contribution in [-0.4, -0.2) is 29.9 Å². The molecule has 2 amide bonds. The number of anilines is 1. The molecule has 0 radical (unpaired) electrons. The highest BCUT2D eigenvalue weighted by Crippen LogP contribution is 2.20. The number of rotatable bonds is 5. The summed E-state index contributed by atoms with van der Waals surface area (Å²) >= 11 is 0. The molecule has 6 heteroatoms. The molecule has 0 aliphatic carbocycles. The van der Waals surface area contributed by atoms with Gasteiger partial charge in [-0.1, -0.05) is 26.0 Å². The summed E-state index contributed by atoms with van der Waals surface area (Å²) in [7, 11) is 0. The Morgan fingerprint density at radius 2 is 2.05 bits per heavy atom. The van der Waals surface area contributed by atoms with Gasteiger partial charge in [-0.3, -0.25) is 9.59 Å². The molecule has 5 N–H and O–H groups in total. The molecule has 0 saturated carbocycles. The first-order valence-electron chi connectivity index (χ1n) is 6.89. The molecule has 0 saturated heterocycles. The molecule has 6 nitrogen and oxygen atoms in total. The Bertz CT molecular complexity index is 661. The predicted octanol–water partition coefficient (Wildman–Crippen LogP) is 1.25. The van der Waals surface area contributed by atoms with Gasteiger partial charge in [-0.25, -0.2) is 0 Å². The first-order valence-corrected chi connectivity index (χ1v) is 6.89. The first-order chi connectivity index (χ1) is 9.97. The number of nitrogen functional groups attached to an aromatic ring is 1. The van der Waals surface area contributed by atoms with E-state index in [0.29, 0.717) is 23.8 Å². The van der Waals surface area contributed by atoms with E-state index in [-0.39, 0.29) is 18.4 Å². The zero-order valence-electron chi connectivity index (χ0n) is 12.2. The van der Waals surface area contributed by atoms with Crippen LogP contribution in [0.3, 0.4) is 0 Å². The first kappa shape index (κ1) is 14.9. The summed E-state index contributed by atoms with van der Waals surface area (Å²) < 4.78 is 0. The van der Waals surface area contributed by atoms with Crippen molar-refractivity contribution in [3.8, 4) is 0 Å². The number of nitrogens with one attached hydrogen (secondary N) is 3. The van der Waals surface area contributed by atoms with Crippen LogP contribution in [0.15, 0.2) is 24.3 Å². The number of benzene rings is 1. The molecule has 21 heavy (non-hydrogen) atoms. The maximum atomic E-state index is 12.0. The van der Waals surface area contributed by atoms with Gasteiger partial charge in [0.15, 0.2) is 0 Å². The highest BCUT2D eigenvalue weighted by atomic mass is 16.2. The number of hydrogen-bond acceptors (Lipinski definition) is 3. The van der Waals surface area contributed by atoms with Gasteiger partial charge in [0.25, 0.3) is 5.91 Å². The fraction of sp³-hybridized carbons (Fsp3) is 0.333. The second-order valence-electron chi connectivity index (χ2n) is 5.38. The van der Waals surface area contributed by atoms with Crippen molar-refractivity contribution in [3.05, 3.63) is 30.0 Å². The highest BCUT2D eigenvalue weighted by Gasteiger charge is 2.12. The van der Waals surface area contributed by atoms with Gasteiger partial charge >= 0.3 is 0 Å². The molecule has 112 valence electrons. The minimum atomic E-state index is -0.328. The van der Waals surface area contributed by atoms with Crippen LogP contribution in [-0.2, 0) is 4.79 Å². The van der Waals surface area contributed by atoms with Crippen molar-refractivity contribution in [1.29, 1.82) is 0 Å². The van der Waals surface area contributed by atoms with Gasteiger partial charge in [-0.15, -0.1) is 0 Å². The van der Waals surface area contributed by atoms with Crippen molar-refractivity contribution in [2.24, 2.45) is 5.92 Å². The number of H-pyrrole nitrogens is 1. The largest absolute Gasteiger partial charge is 0.397 e. The van der Waals surface area contributed by atoms with Crippen LogP contribution < -0.4 is 16.4 Å². The highest BCUT2D eigenvalue weighted by molar-refractivity contribution is 6.01. The Hall–Kier alpha value is -2.50. The monoisotopic (exact) mass is 288 g/mol. The summed E-state index contributed by atoms with van der Waals surface area (Å²) in [6.07, 6.45) is 0. The van der Waals surface area contributed by atoms with Crippen LogP contribution in [0.1, 0.15) is 24.3 Å². The quantitative estimate of drug-likeness (QED) is 0.623. The van der Waals surface area contributed by atoms with E-state index in [9.17, 15) is 9.59 Å². The lowest BCUT2D eigenvalue weighted by atomic mass is 10.2. The lowest BCUT2D eigenvalue weighted by molar-refractivity contribution is -0.120. The van der Waals surface area contributed by atoms with Gasteiger partial charge in [0.2, 0.25) is 5.91 Å². The van der Waals surface area contributed by atoms with E-state index < -0.39 is 0 Å². The van der Waals surface area contributed by atoms with Gasteiger partial charge in [-0.2, -0.15) is 0 Å². The molecular formula is C15H20N4O2. The summed E-state index contributed by atoms with van der Waals surface area (Å²) in [6, 6.07) is 7.17. The maximum absolute atomic E-state index is 12.0. The maximum Gasteiger partial charge on any atom is 0.268 e. The van der Waals surface area contributed by atoms with E-state index in [1.807, 2.05) is 26.0 Å². The molecule has 0 atom stereocenters. The molecule has 1 heterocycles. The third kappa shape index (κ3) is 3.75. The number of carbonyl (C=O) groups excluding carboxylic acids is 2. The molecule has 0 aliphatic rings. The summed E-state index contributed by atoms with van der Waals surface area (Å²) in [5, 5.41) is 6.19. The summed E-state index contributed by atoms with van der Waals surface area (Å²) in [5.41, 5.74) is 7.53. The van der Waals surface area contributed by atoms with Crippen molar-refractivity contribution in [2.75, 3.05) is 18.8 Å². The average molecular weight is 288 g/mol. The smallest absolute Gasteiger partial charge is 0.268 e. The molecule has 0 fully saturated rings. The van der Waals surface area contributed by atoms with Crippen LogP contribution in [0.2, 0.25) is 0 Å². The van der Waals surface area contributed by atoms with Crippen molar-refractivity contribution in [3.63, 3.8) is 0 Å². The molecular weight excluding hydrogens is 268 g/mol. The summed E-state index contributed by atoms with van der Waals surface area (Å²) in [5.74, 6) is -0.153. The standard InChI is InChI=1S/C15H20N4O2/c1-9(2)7-17-13(20)8-18-15(21)12-6-10-4-3-5-11(16)14(10)19-12/h3-6,9,19H,7-8,16H2,1-2H3,(H,17,20)(H,18,21). The third-order valence-electron chi connectivity index (χ3n) is 3.05. The van der Waals surface area contributed by atoms with Crippen molar-refractivity contribution < 1.29 is 9.59 Å². The third-order valence-corrected chi connectivity index (χ3v) is 3.05. The Balaban J connectivity index is 1.96. The molecule has 2 aromatic rings. The number of fused-ring (bicyclic) bond motifs is 1. The molecule has 0 bridgehead atoms. The van der Waals surface area contributed by atoms with Gasteiger partial charge in [0.1, 0.15) is 5.69 Å². The van der Waals surface area contributed by atoms with Gasteiger partial charge in [0, 0.05) is 11.9 Å². The average Bonchev–Trinajstić information content (AvgIpc) is 2.88. The van der Waals surface area contributed by atoms with Crippen LogP contribution in [0, 0.1) is 5.92 Å². The second-order valence-corrected chi connectivity index (χ2v) is 5.38. The molecule has 1 aromatic carbocycles.